The minimum Gasteiger partial charge on any atom is -0.313 e. The van der Waals surface area contributed by atoms with E-state index in [1.807, 2.05) is 6.07 Å². The molecule has 1 aliphatic carbocycles. The zero-order valence-corrected chi connectivity index (χ0v) is 14.5. The van der Waals surface area contributed by atoms with Gasteiger partial charge in [0.25, 0.3) is 0 Å². The van der Waals surface area contributed by atoms with Gasteiger partial charge in [-0.05, 0) is 50.8 Å². The number of benzene rings is 1. The molecule has 1 fully saturated rings. The molecule has 1 aliphatic rings. The van der Waals surface area contributed by atoms with Gasteiger partial charge < -0.3 is 5.32 Å². The van der Waals surface area contributed by atoms with E-state index < -0.39 is 10.8 Å². The molecular formula is C18H29NOS. The molecule has 1 N–H and O–H groups in total. The van der Waals surface area contributed by atoms with Crippen LogP contribution in [0.3, 0.4) is 0 Å². The SMILES string of the molecule is CCNC(CS(=O)c1ccc(C)cc1C)C1CCCCC1. The summed E-state index contributed by atoms with van der Waals surface area (Å²) in [6.07, 6.45) is 6.63. The first-order chi connectivity index (χ1) is 10.1. The Labute approximate surface area is 132 Å². The van der Waals surface area contributed by atoms with Crippen molar-refractivity contribution in [1.29, 1.82) is 0 Å². The van der Waals surface area contributed by atoms with Gasteiger partial charge in [0.05, 0.1) is 10.8 Å². The summed E-state index contributed by atoms with van der Waals surface area (Å²) in [4.78, 5) is 1.01. The summed E-state index contributed by atoms with van der Waals surface area (Å²) in [5.74, 6) is 1.45. The van der Waals surface area contributed by atoms with E-state index >= 15 is 0 Å². The Balaban J connectivity index is 2.06. The fourth-order valence-corrected chi connectivity index (χ4v) is 5.00. The Hall–Kier alpha value is -0.670. The molecule has 1 aromatic rings. The Morgan fingerprint density at radius 3 is 2.57 bits per heavy atom. The van der Waals surface area contributed by atoms with Crippen molar-refractivity contribution in [3.63, 3.8) is 0 Å². The van der Waals surface area contributed by atoms with Crippen LogP contribution in [0.25, 0.3) is 0 Å². The summed E-state index contributed by atoms with van der Waals surface area (Å²) in [5.41, 5.74) is 2.40. The van der Waals surface area contributed by atoms with Crippen LogP contribution in [0.2, 0.25) is 0 Å². The van der Waals surface area contributed by atoms with Crippen LogP contribution < -0.4 is 5.32 Å². The number of rotatable bonds is 6. The molecule has 0 radical (unpaired) electrons. The quantitative estimate of drug-likeness (QED) is 0.861. The van der Waals surface area contributed by atoms with Crippen molar-refractivity contribution in [1.82, 2.24) is 5.32 Å². The maximum Gasteiger partial charge on any atom is 0.0548 e. The van der Waals surface area contributed by atoms with Crippen LogP contribution in [0.5, 0.6) is 0 Å². The van der Waals surface area contributed by atoms with Crippen molar-refractivity contribution in [3.8, 4) is 0 Å². The average Bonchev–Trinajstić information content (AvgIpc) is 2.47. The second-order valence-corrected chi connectivity index (χ2v) is 7.81. The maximum absolute atomic E-state index is 12.8. The second-order valence-electron chi connectivity index (χ2n) is 6.34. The number of nitrogens with one attached hydrogen (secondary N) is 1. The van der Waals surface area contributed by atoms with E-state index in [0.717, 1.165) is 22.8 Å². The highest BCUT2D eigenvalue weighted by Gasteiger charge is 2.25. The minimum absolute atomic E-state index is 0.400. The lowest BCUT2D eigenvalue weighted by Gasteiger charge is -2.30. The number of hydrogen-bond donors (Lipinski definition) is 1. The summed E-state index contributed by atoms with van der Waals surface area (Å²) in [6.45, 7) is 7.27. The summed E-state index contributed by atoms with van der Waals surface area (Å²) in [6, 6.07) is 6.65. The molecule has 0 amide bonds. The van der Waals surface area contributed by atoms with Crippen LogP contribution in [0.4, 0.5) is 0 Å². The van der Waals surface area contributed by atoms with Crippen molar-refractivity contribution in [2.75, 3.05) is 12.3 Å². The van der Waals surface area contributed by atoms with E-state index in [4.69, 9.17) is 0 Å². The molecule has 1 saturated carbocycles. The lowest BCUT2D eigenvalue weighted by molar-refractivity contribution is 0.287. The van der Waals surface area contributed by atoms with Gasteiger partial charge >= 0.3 is 0 Å². The van der Waals surface area contributed by atoms with Gasteiger partial charge in [0.1, 0.15) is 0 Å². The molecule has 2 unspecified atom stereocenters. The first-order valence-corrected chi connectivity index (χ1v) is 9.62. The Morgan fingerprint density at radius 1 is 1.24 bits per heavy atom. The third kappa shape index (κ3) is 4.65. The highest BCUT2D eigenvalue weighted by atomic mass is 32.2. The van der Waals surface area contributed by atoms with Gasteiger partial charge in [0.2, 0.25) is 0 Å². The first-order valence-electron chi connectivity index (χ1n) is 8.30. The zero-order valence-electron chi connectivity index (χ0n) is 13.7. The third-order valence-corrected chi connectivity index (χ3v) is 6.20. The molecule has 2 rings (SSSR count). The normalized spacial score (nSPS) is 19.4. The van der Waals surface area contributed by atoms with Crippen molar-refractivity contribution < 1.29 is 4.21 Å². The predicted octanol–water partition coefficient (Wildman–Crippen LogP) is 3.97. The molecule has 2 nitrogen and oxygen atoms in total. The molecule has 3 heteroatoms. The Morgan fingerprint density at radius 2 is 1.95 bits per heavy atom. The summed E-state index contributed by atoms with van der Waals surface area (Å²) < 4.78 is 12.8. The third-order valence-electron chi connectivity index (χ3n) is 4.59. The Kier molecular flexibility index (Phi) is 6.43. The molecule has 0 aromatic heterocycles. The molecule has 21 heavy (non-hydrogen) atoms. The van der Waals surface area contributed by atoms with Gasteiger partial charge in [0.15, 0.2) is 0 Å². The summed E-state index contributed by atoms with van der Waals surface area (Å²) in [5, 5.41) is 3.59. The van der Waals surface area contributed by atoms with Crippen LogP contribution in [0.1, 0.15) is 50.2 Å². The summed E-state index contributed by atoms with van der Waals surface area (Å²) >= 11 is 0. The lowest BCUT2D eigenvalue weighted by Crippen LogP contribution is -2.41. The molecule has 2 atom stereocenters. The van der Waals surface area contributed by atoms with Crippen LogP contribution in [-0.2, 0) is 10.8 Å². The maximum atomic E-state index is 12.8. The fraction of sp³-hybridized carbons (Fsp3) is 0.667. The van der Waals surface area contributed by atoms with Crippen LogP contribution >= 0.6 is 0 Å². The topological polar surface area (TPSA) is 29.1 Å². The highest BCUT2D eigenvalue weighted by molar-refractivity contribution is 7.85. The van der Waals surface area contributed by atoms with E-state index in [1.165, 1.54) is 37.7 Å². The minimum atomic E-state index is -0.899. The van der Waals surface area contributed by atoms with Crippen LogP contribution in [0, 0.1) is 19.8 Å². The fourth-order valence-electron chi connectivity index (χ4n) is 3.47. The Bertz CT molecular complexity index is 480. The number of hydrogen-bond acceptors (Lipinski definition) is 2. The van der Waals surface area contributed by atoms with Crippen molar-refractivity contribution >= 4 is 10.8 Å². The molecule has 0 spiro atoms. The lowest BCUT2D eigenvalue weighted by atomic mass is 9.84. The van der Waals surface area contributed by atoms with Gasteiger partial charge in [-0.15, -0.1) is 0 Å². The molecule has 1 aromatic carbocycles. The molecule has 118 valence electrons. The average molecular weight is 308 g/mol. The van der Waals surface area contributed by atoms with E-state index in [-0.39, 0.29) is 0 Å². The van der Waals surface area contributed by atoms with Gasteiger partial charge in [-0.3, -0.25) is 4.21 Å². The van der Waals surface area contributed by atoms with Gasteiger partial charge in [-0.1, -0.05) is 43.9 Å². The summed E-state index contributed by atoms with van der Waals surface area (Å²) in [7, 11) is -0.899. The van der Waals surface area contributed by atoms with E-state index in [2.05, 4.69) is 38.2 Å². The van der Waals surface area contributed by atoms with Crippen LogP contribution in [0.15, 0.2) is 23.1 Å². The van der Waals surface area contributed by atoms with Gasteiger partial charge in [-0.2, -0.15) is 0 Å². The van der Waals surface area contributed by atoms with E-state index in [9.17, 15) is 4.21 Å². The van der Waals surface area contributed by atoms with Crippen molar-refractivity contribution in [2.24, 2.45) is 5.92 Å². The van der Waals surface area contributed by atoms with Crippen molar-refractivity contribution in [3.05, 3.63) is 29.3 Å². The predicted molar refractivity (Wildman–Crippen MR) is 91.2 cm³/mol. The van der Waals surface area contributed by atoms with Crippen LogP contribution in [-0.4, -0.2) is 22.5 Å². The van der Waals surface area contributed by atoms with E-state index in [0.29, 0.717) is 12.0 Å². The molecule has 0 bridgehead atoms. The second kappa shape index (κ2) is 8.09. The molecule has 0 saturated heterocycles. The zero-order chi connectivity index (χ0) is 15.2. The molecular weight excluding hydrogens is 278 g/mol. The molecule has 0 aliphatic heterocycles. The van der Waals surface area contributed by atoms with Gasteiger partial charge in [-0.25, -0.2) is 0 Å². The van der Waals surface area contributed by atoms with Crippen molar-refractivity contribution in [2.45, 2.75) is 63.8 Å². The van der Waals surface area contributed by atoms with Gasteiger partial charge in [0, 0.05) is 16.7 Å². The number of aryl methyl sites for hydroxylation is 2. The largest absolute Gasteiger partial charge is 0.313 e. The highest BCUT2D eigenvalue weighted by Crippen LogP contribution is 2.28. The monoisotopic (exact) mass is 307 g/mol. The molecule has 0 heterocycles. The van der Waals surface area contributed by atoms with E-state index in [1.54, 1.807) is 0 Å². The smallest absolute Gasteiger partial charge is 0.0548 e. The standard InChI is InChI=1S/C18H29NOS/c1-4-19-17(16-8-6-5-7-9-16)13-21(20)18-11-10-14(2)12-15(18)3/h10-12,16-17,19H,4-9,13H2,1-3H3. The first kappa shape index (κ1) is 16.7.